The third-order valence-electron chi connectivity index (χ3n) is 6.33. The summed E-state index contributed by atoms with van der Waals surface area (Å²) >= 11 is 0. The van der Waals surface area contributed by atoms with Crippen molar-refractivity contribution in [3.63, 3.8) is 0 Å². The van der Waals surface area contributed by atoms with E-state index in [1.165, 1.54) is 18.6 Å². The van der Waals surface area contributed by atoms with E-state index in [-0.39, 0.29) is 30.2 Å². The molecule has 32 heavy (non-hydrogen) atoms. The second-order valence-electron chi connectivity index (χ2n) is 8.51. The number of hydrogen-bond donors (Lipinski definition) is 1. The van der Waals surface area contributed by atoms with Crippen LogP contribution in [0.1, 0.15) is 37.7 Å². The van der Waals surface area contributed by atoms with Crippen LogP contribution in [0.2, 0.25) is 0 Å². The molecule has 6 nitrogen and oxygen atoms in total. The van der Waals surface area contributed by atoms with Crippen molar-refractivity contribution >= 4 is 17.5 Å². The van der Waals surface area contributed by atoms with Crippen molar-refractivity contribution in [2.45, 2.75) is 50.8 Å². The van der Waals surface area contributed by atoms with E-state index in [9.17, 15) is 14.0 Å². The number of likely N-dealkylation sites (N-methyl/N-ethyl adjacent to an activating group) is 1. The lowest BCUT2D eigenvalue weighted by molar-refractivity contribution is -0.134. The van der Waals surface area contributed by atoms with E-state index in [0.29, 0.717) is 18.8 Å². The van der Waals surface area contributed by atoms with E-state index in [2.05, 4.69) is 5.32 Å². The van der Waals surface area contributed by atoms with Gasteiger partial charge in [0.05, 0.1) is 18.8 Å². The molecule has 0 bridgehead atoms. The fourth-order valence-electron chi connectivity index (χ4n) is 4.61. The van der Waals surface area contributed by atoms with E-state index in [4.69, 9.17) is 4.74 Å². The highest BCUT2D eigenvalue weighted by Gasteiger charge is 2.33. The van der Waals surface area contributed by atoms with Gasteiger partial charge in [0.2, 0.25) is 5.91 Å². The number of ether oxygens (including phenoxy) is 1. The van der Waals surface area contributed by atoms with E-state index in [1.807, 2.05) is 34.1 Å². The third kappa shape index (κ3) is 5.03. The maximum atomic E-state index is 13.6. The number of nitrogens with zero attached hydrogens (tertiary/aromatic N) is 2. The van der Waals surface area contributed by atoms with Gasteiger partial charge in [0.25, 0.3) is 5.91 Å². The van der Waals surface area contributed by atoms with Crippen LogP contribution in [0.3, 0.4) is 0 Å². The predicted molar refractivity (Wildman–Crippen MR) is 121 cm³/mol. The Morgan fingerprint density at radius 3 is 2.53 bits per heavy atom. The summed E-state index contributed by atoms with van der Waals surface area (Å²) in [6, 6.07) is 14.0. The normalized spacial score (nSPS) is 18.4. The van der Waals surface area contributed by atoms with Gasteiger partial charge in [-0.2, -0.15) is 0 Å². The molecule has 2 aromatic carbocycles. The molecule has 1 saturated carbocycles. The van der Waals surface area contributed by atoms with Crippen LogP contribution >= 0.6 is 0 Å². The minimum atomic E-state index is -0.678. The summed E-state index contributed by atoms with van der Waals surface area (Å²) in [6.07, 6.45) is 4.69. The highest BCUT2D eigenvalue weighted by atomic mass is 19.1. The SMILES string of the molecule is CNC(=O)[C@@H]1CN(CC(=O)N(Cc2ccc(F)cc2)C2CCCCC2)c2ccccc2O1. The number of carbonyl (C=O) groups excluding carboxylic acids is 2. The van der Waals surface area contributed by atoms with Gasteiger partial charge in [-0.25, -0.2) is 4.39 Å². The molecule has 0 aromatic heterocycles. The standard InChI is InChI=1S/C25H30FN3O3/c1-27-25(31)23-16-28(21-9-5-6-10-22(21)32-23)17-24(30)29(20-7-3-2-4-8-20)15-18-11-13-19(26)14-12-18/h5-6,9-14,20,23H,2-4,7-8,15-17H2,1H3,(H,27,31)/t23-/m0/s1. The van der Waals surface area contributed by atoms with Crippen LogP contribution in [-0.4, -0.2) is 49.0 Å². The number of benzene rings is 2. The van der Waals surface area contributed by atoms with E-state index >= 15 is 0 Å². The van der Waals surface area contributed by atoms with E-state index < -0.39 is 6.10 Å². The summed E-state index contributed by atoms with van der Waals surface area (Å²) in [5.41, 5.74) is 1.72. The molecule has 0 spiro atoms. The van der Waals surface area contributed by atoms with Crippen LogP contribution in [0, 0.1) is 5.82 Å². The molecule has 0 saturated heterocycles. The average molecular weight is 440 g/mol. The van der Waals surface area contributed by atoms with E-state index in [1.54, 1.807) is 19.2 Å². The number of para-hydroxylation sites is 2. The minimum Gasteiger partial charge on any atom is -0.477 e. The monoisotopic (exact) mass is 439 g/mol. The zero-order chi connectivity index (χ0) is 22.5. The van der Waals surface area contributed by atoms with Crippen LogP contribution in [0.4, 0.5) is 10.1 Å². The average Bonchev–Trinajstić information content (AvgIpc) is 2.83. The van der Waals surface area contributed by atoms with Crippen molar-refractivity contribution in [2.75, 3.05) is 25.0 Å². The maximum Gasteiger partial charge on any atom is 0.262 e. The molecule has 0 radical (unpaired) electrons. The lowest BCUT2D eigenvalue weighted by Gasteiger charge is -2.39. The van der Waals surface area contributed by atoms with Crippen LogP contribution in [-0.2, 0) is 16.1 Å². The van der Waals surface area contributed by atoms with Crippen molar-refractivity contribution in [3.8, 4) is 5.75 Å². The molecule has 2 aliphatic rings. The maximum absolute atomic E-state index is 13.6. The van der Waals surface area contributed by atoms with Gasteiger partial charge in [-0.1, -0.05) is 43.5 Å². The summed E-state index contributed by atoms with van der Waals surface area (Å²) in [6.45, 7) is 0.914. The van der Waals surface area contributed by atoms with Crippen LogP contribution < -0.4 is 15.0 Å². The largest absolute Gasteiger partial charge is 0.477 e. The van der Waals surface area contributed by atoms with Crippen LogP contribution in [0.5, 0.6) is 5.75 Å². The molecule has 1 atom stereocenters. The molecule has 2 amide bonds. The number of hydrogen-bond acceptors (Lipinski definition) is 4. The van der Waals surface area contributed by atoms with Gasteiger partial charge in [0.1, 0.15) is 11.6 Å². The lowest BCUT2D eigenvalue weighted by atomic mass is 9.93. The molecule has 4 rings (SSSR count). The van der Waals surface area contributed by atoms with Gasteiger partial charge in [0.15, 0.2) is 6.10 Å². The first-order valence-corrected chi connectivity index (χ1v) is 11.3. The fourth-order valence-corrected chi connectivity index (χ4v) is 4.61. The topological polar surface area (TPSA) is 61.9 Å². The minimum absolute atomic E-state index is 0.00795. The molecule has 7 heteroatoms. The lowest BCUT2D eigenvalue weighted by Crippen LogP contribution is -2.52. The summed E-state index contributed by atoms with van der Waals surface area (Å²) in [5, 5.41) is 2.63. The van der Waals surface area contributed by atoms with Crippen molar-refractivity contribution in [2.24, 2.45) is 0 Å². The number of halogens is 1. The Morgan fingerprint density at radius 2 is 1.81 bits per heavy atom. The van der Waals surface area contributed by atoms with Crippen molar-refractivity contribution in [1.82, 2.24) is 10.2 Å². The molecular weight excluding hydrogens is 409 g/mol. The number of rotatable bonds is 6. The Hall–Kier alpha value is -3.09. The van der Waals surface area contributed by atoms with Gasteiger partial charge >= 0.3 is 0 Å². The van der Waals surface area contributed by atoms with Gasteiger partial charge in [0, 0.05) is 19.6 Å². The second-order valence-corrected chi connectivity index (χ2v) is 8.51. The molecule has 1 aliphatic heterocycles. The Bertz CT molecular complexity index is 944. The molecule has 1 aliphatic carbocycles. The van der Waals surface area contributed by atoms with Crippen LogP contribution in [0.25, 0.3) is 0 Å². The highest BCUT2D eigenvalue weighted by molar-refractivity contribution is 5.86. The Morgan fingerprint density at radius 1 is 1.09 bits per heavy atom. The Labute approximate surface area is 188 Å². The molecule has 0 unspecified atom stereocenters. The molecule has 1 heterocycles. The molecular formula is C25H30FN3O3. The molecule has 1 N–H and O–H groups in total. The Kier molecular flexibility index (Phi) is 6.93. The quantitative estimate of drug-likeness (QED) is 0.749. The summed E-state index contributed by atoms with van der Waals surface area (Å²) in [5.74, 6) is 0.110. The fraction of sp³-hybridized carbons (Fsp3) is 0.440. The summed E-state index contributed by atoms with van der Waals surface area (Å²) in [4.78, 5) is 29.8. The van der Waals surface area contributed by atoms with Crippen molar-refractivity contribution in [1.29, 1.82) is 0 Å². The van der Waals surface area contributed by atoms with Crippen LogP contribution in [0.15, 0.2) is 48.5 Å². The highest BCUT2D eigenvalue weighted by Crippen LogP contribution is 2.33. The molecule has 1 fully saturated rings. The van der Waals surface area contributed by atoms with Crippen molar-refractivity contribution < 1.29 is 18.7 Å². The van der Waals surface area contributed by atoms with E-state index in [0.717, 1.165) is 36.9 Å². The Balaban J connectivity index is 1.56. The second kappa shape index (κ2) is 10.0. The number of carbonyl (C=O) groups is 2. The van der Waals surface area contributed by atoms with Gasteiger partial charge in [-0.05, 0) is 42.7 Å². The first-order valence-electron chi connectivity index (χ1n) is 11.3. The van der Waals surface area contributed by atoms with Gasteiger partial charge in [-0.3, -0.25) is 9.59 Å². The van der Waals surface area contributed by atoms with Crippen molar-refractivity contribution in [3.05, 3.63) is 59.9 Å². The predicted octanol–water partition coefficient (Wildman–Crippen LogP) is 3.50. The number of amides is 2. The number of anilines is 1. The van der Waals surface area contributed by atoms with Gasteiger partial charge in [-0.15, -0.1) is 0 Å². The molecule has 2 aromatic rings. The third-order valence-corrected chi connectivity index (χ3v) is 6.33. The summed E-state index contributed by atoms with van der Waals surface area (Å²) in [7, 11) is 1.58. The first-order chi connectivity index (χ1) is 15.5. The number of fused-ring (bicyclic) bond motifs is 1. The smallest absolute Gasteiger partial charge is 0.262 e. The number of nitrogens with one attached hydrogen (secondary N) is 1. The zero-order valence-corrected chi connectivity index (χ0v) is 18.4. The first kappa shape index (κ1) is 22.1. The summed E-state index contributed by atoms with van der Waals surface area (Å²) < 4.78 is 19.3. The molecule has 170 valence electrons. The van der Waals surface area contributed by atoms with Gasteiger partial charge < -0.3 is 19.9 Å². The zero-order valence-electron chi connectivity index (χ0n) is 18.4.